The van der Waals surface area contributed by atoms with Crippen LogP contribution >= 0.6 is 0 Å². The molecule has 2 nitrogen and oxygen atoms in total. The first-order valence-electron chi connectivity index (χ1n) is 2.83. The molecule has 0 aromatic carbocycles. The second-order valence-electron chi connectivity index (χ2n) is 1.86. The monoisotopic (exact) mass is 114 g/mol. The first-order valence-corrected chi connectivity index (χ1v) is 2.83. The summed E-state index contributed by atoms with van der Waals surface area (Å²) in [7, 11) is 0. The molecule has 0 rings (SSSR count). The van der Waals surface area contributed by atoms with Gasteiger partial charge in [-0.2, -0.15) is 0 Å². The van der Waals surface area contributed by atoms with Crippen molar-refractivity contribution in [1.29, 1.82) is 0 Å². The van der Waals surface area contributed by atoms with Crippen LogP contribution in [0.3, 0.4) is 0 Å². The molecule has 2 heteroatoms. The molecule has 4 N–H and O–H groups in total. The van der Waals surface area contributed by atoms with Gasteiger partial charge < -0.3 is 11.5 Å². The lowest BCUT2D eigenvalue weighted by Gasteiger charge is -2.05. The SMILES string of the molecule is C/C=C(\CN)C(C)N. The van der Waals surface area contributed by atoms with E-state index >= 15 is 0 Å². The van der Waals surface area contributed by atoms with Crippen molar-refractivity contribution in [2.45, 2.75) is 19.9 Å². The molecule has 0 amide bonds. The molecule has 0 saturated heterocycles. The summed E-state index contributed by atoms with van der Waals surface area (Å²) in [6.45, 7) is 4.46. The van der Waals surface area contributed by atoms with Crippen LogP contribution in [-0.2, 0) is 0 Å². The summed E-state index contributed by atoms with van der Waals surface area (Å²) >= 11 is 0. The van der Waals surface area contributed by atoms with Crippen molar-refractivity contribution in [1.82, 2.24) is 0 Å². The minimum Gasteiger partial charge on any atom is -0.327 e. The summed E-state index contributed by atoms with van der Waals surface area (Å²) in [5.74, 6) is 0. The first kappa shape index (κ1) is 7.66. The summed E-state index contributed by atoms with van der Waals surface area (Å²) in [5, 5.41) is 0. The predicted molar refractivity (Wildman–Crippen MR) is 36.5 cm³/mol. The van der Waals surface area contributed by atoms with Crippen LogP contribution in [0.1, 0.15) is 13.8 Å². The third kappa shape index (κ3) is 2.09. The summed E-state index contributed by atoms with van der Waals surface area (Å²) in [6, 6.07) is 0.116. The summed E-state index contributed by atoms with van der Waals surface area (Å²) in [4.78, 5) is 0. The maximum absolute atomic E-state index is 5.51. The Morgan fingerprint density at radius 2 is 2.25 bits per heavy atom. The van der Waals surface area contributed by atoms with Gasteiger partial charge in [0.2, 0.25) is 0 Å². The molecule has 0 spiro atoms. The molecule has 0 saturated carbocycles. The van der Waals surface area contributed by atoms with E-state index in [1.54, 1.807) is 0 Å². The second kappa shape index (κ2) is 3.64. The fourth-order valence-electron chi connectivity index (χ4n) is 0.567. The van der Waals surface area contributed by atoms with Crippen LogP contribution in [0.5, 0.6) is 0 Å². The van der Waals surface area contributed by atoms with Crippen LogP contribution in [0.4, 0.5) is 0 Å². The Hall–Kier alpha value is -0.340. The maximum Gasteiger partial charge on any atom is 0.0237 e. The molecule has 0 radical (unpaired) electrons. The average Bonchev–Trinajstić information content (AvgIpc) is 1.69. The second-order valence-corrected chi connectivity index (χ2v) is 1.86. The third-order valence-electron chi connectivity index (χ3n) is 1.19. The summed E-state index contributed by atoms with van der Waals surface area (Å²) < 4.78 is 0. The molecule has 1 atom stereocenters. The molecule has 0 aromatic heterocycles. The van der Waals surface area contributed by atoms with E-state index < -0.39 is 0 Å². The van der Waals surface area contributed by atoms with E-state index in [1.165, 1.54) is 0 Å². The highest BCUT2D eigenvalue weighted by Crippen LogP contribution is 1.93. The van der Waals surface area contributed by atoms with Gasteiger partial charge in [0.1, 0.15) is 0 Å². The lowest BCUT2D eigenvalue weighted by Crippen LogP contribution is -2.23. The molecular formula is C6H14N2. The Bertz CT molecular complexity index is 84.5. The van der Waals surface area contributed by atoms with Gasteiger partial charge in [0.05, 0.1) is 0 Å². The van der Waals surface area contributed by atoms with Crippen molar-refractivity contribution in [2.24, 2.45) is 11.5 Å². The molecule has 8 heavy (non-hydrogen) atoms. The largest absolute Gasteiger partial charge is 0.327 e. The molecule has 0 bridgehead atoms. The van der Waals surface area contributed by atoms with Crippen LogP contribution in [-0.4, -0.2) is 12.6 Å². The van der Waals surface area contributed by atoms with Crippen molar-refractivity contribution in [3.8, 4) is 0 Å². The van der Waals surface area contributed by atoms with E-state index in [4.69, 9.17) is 11.5 Å². The van der Waals surface area contributed by atoms with Crippen molar-refractivity contribution in [2.75, 3.05) is 6.54 Å². The van der Waals surface area contributed by atoms with Gasteiger partial charge in [-0.3, -0.25) is 0 Å². The zero-order chi connectivity index (χ0) is 6.57. The first-order chi connectivity index (χ1) is 3.72. The van der Waals surface area contributed by atoms with Crippen LogP contribution in [0.25, 0.3) is 0 Å². The quantitative estimate of drug-likeness (QED) is 0.505. The Labute approximate surface area is 50.6 Å². The number of rotatable bonds is 2. The van der Waals surface area contributed by atoms with Crippen LogP contribution in [0.15, 0.2) is 11.6 Å². The molecule has 0 aliphatic rings. The molecule has 0 aromatic rings. The van der Waals surface area contributed by atoms with E-state index in [9.17, 15) is 0 Å². The van der Waals surface area contributed by atoms with Gasteiger partial charge in [-0.05, 0) is 19.4 Å². The molecule has 1 unspecified atom stereocenters. The van der Waals surface area contributed by atoms with Gasteiger partial charge in [0.15, 0.2) is 0 Å². The standard InChI is InChI=1S/C6H14N2/c1-3-6(4-7)5(2)8/h3,5H,4,7-8H2,1-2H3/b6-3+. The lowest BCUT2D eigenvalue weighted by atomic mass is 10.1. The number of allylic oxidation sites excluding steroid dienone is 1. The number of hydrogen-bond acceptors (Lipinski definition) is 2. The fourth-order valence-corrected chi connectivity index (χ4v) is 0.567. The Morgan fingerprint density at radius 3 is 2.25 bits per heavy atom. The third-order valence-corrected chi connectivity index (χ3v) is 1.19. The molecular weight excluding hydrogens is 100 g/mol. The highest BCUT2D eigenvalue weighted by Gasteiger charge is 1.96. The van der Waals surface area contributed by atoms with Crippen LogP contribution < -0.4 is 11.5 Å². The topological polar surface area (TPSA) is 52.0 Å². The van der Waals surface area contributed by atoms with Gasteiger partial charge in [0.25, 0.3) is 0 Å². The van der Waals surface area contributed by atoms with Crippen molar-refractivity contribution >= 4 is 0 Å². The van der Waals surface area contributed by atoms with E-state index in [1.807, 2.05) is 19.9 Å². The van der Waals surface area contributed by atoms with Crippen molar-refractivity contribution in [3.63, 3.8) is 0 Å². The number of nitrogens with two attached hydrogens (primary N) is 2. The molecule has 48 valence electrons. The van der Waals surface area contributed by atoms with Gasteiger partial charge in [-0.1, -0.05) is 6.08 Å². The predicted octanol–water partition coefficient (Wildman–Crippen LogP) is 0.239. The van der Waals surface area contributed by atoms with Gasteiger partial charge in [-0.25, -0.2) is 0 Å². The average molecular weight is 114 g/mol. The smallest absolute Gasteiger partial charge is 0.0237 e. The fraction of sp³-hybridized carbons (Fsp3) is 0.667. The zero-order valence-corrected chi connectivity index (χ0v) is 5.52. The minimum atomic E-state index is 0.116. The number of hydrogen-bond donors (Lipinski definition) is 2. The summed E-state index contributed by atoms with van der Waals surface area (Å²) in [6.07, 6.45) is 1.96. The highest BCUT2D eigenvalue weighted by atomic mass is 14.6. The van der Waals surface area contributed by atoms with Gasteiger partial charge >= 0.3 is 0 Å². The van der Waals surface area contributed by atoms with E-state index in [0.717, 1.165) is 5.57 Å². The normalized spacial score (nSPS) is 16.2. The Morgan fingerprint density at radius 1 is 1.75 bits per heavy atom. The van der Waals surface area contributed by atoms with Crippen molar-refractivity contribution in [3.05, 3.63) is 11.6 Å². The Kier molecular flexibility index (Phi) is 3.48. The Balaban J connectivity index is 3.72. The summed E-state index contributed by atoms with van der Waals surface area (Å²) in [5.41, 5.74) is 12.0. The highest BCUT2D eigenvalue weighted by molar-refractivity contribution is 5.08. The maximum atomic E-state index is 5.51. The van der Waals surface area contributed by atoms with Crippen molar-refractivity contribution < 1.29 is 0 Å². The molecule has 0 fully saturated rings. The van der Waals surface area contributed by atoms with Gasteiger partial charge in [-0.15, -0.1) is 0 Å². The van der Waals surface area contributed by atoms with Gasteiger partial charge in [0, 0.05) is 12.6 Å². The minimum absolute atomic E-state index is 0.116. The molecule has 0 aliphatic carbocycles. The van der Waals surface area contributed by atoms with Crippen LogP contribution in [0, 0.1) is 0 Å². The van der Waals surface area contributed by atoms with E-state index in [-0.39, 0.29) is 6.04 Å². The molecule has 0 aliphatic heterocycles. The van der Waals surface area contributed by atoms with E-state index in [0.29, 0.717) is 6.54 Å². The zero-order valence-electron chi connectivity index (χ0n) is 5.52. The van der Waals surface area contributed by atoms with E-state index in [2.05, 4.69) is 0 Å². The van der Waals surface area contributed by atoms with Crippen LogP contribution in [0.2, 0.25) is 0 Å². The molecule has 0 heterocycles. The lowest BCUT2D eigenvalue weighted by molar-refractivity contribution is 0.827.